The molecule has 6 rings (SSSR count). The van der Waals surface area contributed by atoms with E-state index < -0.39 is 34.9 Å². The van der Waals surface area contributed by atoms with E-state index in [1.54, 1.807) is 11.5 Å². The largest absolute Gasteiger partial charge is 0.477 e. The van der Waals surface area contributed by atoms with Crippen LogP contribution < -0.4 is 16.1 Å². The van der Waals surface area contributed by atoms with Crippen molar-refractivity contribution in [1.29, 1.82) is 0 Å². The Labute approximate surface area is 290 Å². The summed E-state index contributed by atoms with van der Waals surface area (Å²) in [5.74, 6) is -0.335. The molecule has 4 aromatic rings. The van der Waals surface area contributed by atoms with Crippen molar-refractivity contribution in [2.75, 3.05) is 51.6 Å². The highest BCUT2D eigenvalue weighted by Crippen LogP contribution is 2.39. The number of anilines is 1. The molecule has 12 nitrogen and oxygen atoms in total. The number of carboxylic acids is 1. The summed E-state index contributed by atoms with van der Waals surface area (Å²) in [6.45, 7) is 7.65. The predicted molar refractivity (Wildman–Crippen MR) is 184 cm³/mol. The molecule has 0 aromatic carbocycles. The number of amides is 2. The van der Waals surface area contributed by atoms with E-state index in [-0.39, 0.29) is 27.7 Å². The van der Waals surface area contributed by atoms with Crippen LogP contribution in [0.15, 0.2) is 40.9 Å². The fraction of sp³-hybridized carbons (Fsp3) is 0.471. The van der Waals surface area contributed by atoms with E-state index >= 15 is 0 Å². The van der Waals surface area contributed by atoms with Gasteiger partial charge in [-0.2, -0.15) is 13.2 Å². The third kappa shape index (κ3) is 7.97. The molecular formula is C34H39F3N8O4S. The van der Waals surface area contributed by atoms with Gasteiger partial charge in [0.15, 0.2) is 5.69 Å². The number of nitrogens with zero attached hydrogens (tertiary/aromatic N) is 6. The van der Waals surface area contributed by atoms with Gasteiger partial charge in [0.1, 0.15) is 22.0 Å². The van der Waals surface area contributed by atoms with Crippen LogP contribution in [-0.2, 0) is 12.7 Å². The minimum absolute atomic E-state index is 0.00656. The molecule has 0 spiro atoms. The number of pyridine rings is 3. The number of carbonyl (C=O) groups excluding carboxylic acids is 1. The van der Waals surface area contributed by atoms with Gasteiger partial charge in [-0.05, 0) is 89.8 Å². The number of halogens is 3. The zero-order chi connectivity index (χ0) is 35.6. The molecular weight excluding hydrogens is 673 g/mol. The number of piperidine rings is 1. The Morgan fingerprint density at radius 1 is 1.06 bits per heavy atom. The molecule has 4 aromatic heterocycles. The zero-order valence-corrected chi connectivity index (χ0v) is 28.6. The van der Waals surface area contributed by atoms with Gasteiger partial charge < -0.3 is 24.8 Å². The van der Waals surface area contributed by atoms with E-state index in [4.69, 9.17) is 0 Å². The van der Waals surface area contributed by atoms with Crippen LogP contribution in [0.4, 0.5) is 23.8 Å². The normalized spacial score (nSPS) is 17.7. The van der Waals surface area contributed by atoms with Crippen molar-refractivity contribution in [3.63, 3.8) is 0 Å². The molecule has 2 amide bonds. The van der Waals surface area contributed by atoms with Gasteiger partial charge in [0, 0.05) is 60.3 Å². The molecule has 0 saturated carbocycles. The zero-order valence-electron chi connectivity index (χ0n) is 27.8. The molecule has 0 aliphatic carbocycles. The Balaban J connectivity index is 1.31. The quantitative estimate of drug-likeness (QED) is 0.194. The number of carboxylic acid groups (broad SMARTS) is 1. The minimum Gasteiger partial charge on any atom is -0.477 e. The summed E-state index contributed by atoms with van der Waals surface area (Å²) in [7, 11) is 2.16. The van der Waals surface area contributed by atoms with Gasteiger partial charge in [0.2, 0.25) is 5.43 Å². The van der Waals surface area contributed by atoms with E-state index in [1.165, 1.54) is 43.6 Å². The lowest BCUT2D eigenvalue weighted by atomic mass is 9.94. The molecule has 16 heteroatoms. The number of aromatic carboxylic acids is 1. The minimum atomic E-state index is -4.67. The van der Waals surface area contributed by atoms with Gasteiger partial charge >= 0.3 is 18.2 Å². The van der Waals surface area contributed by atoms with Gasteiger partial charge in [0.25, 0.3) is 0 Å². The molecule has 1 atom stereocenters. The number of rotatable bonds is 10. The molecule has 0 radical (unpaired) electrons. The summed E-state index contributed by atoms with van der Waals surface area (Å²) in [6.07, 6.45) is 4.05. The summed E-state index contributed by atoms with van der Waals surface area (Å²) in [6, 6.07) is 2.34. The monoisotopic (exact) mass is 712 g/mol. The number of hydrogen-bond donors (Lipinski definition) is 3. The Morgan fingerprint density at radius 2 is 1.82 bits per heavy atom. The summed E-state index contributed by atoms with van der Waals surface area (Å²) < 4.78 is 42.2. The van der Waals surface area contributed by atoms with Gasteiger partial charge in [0.05, 0.1) is 5.39 Å². The molecule has 2 saturated heterocycles. The number of nitrogens with one attached hydrogen (secondary N) is 2. The molecule has 2 aliphatic heterocycles. The van der Waals surface area contributed by atoms with Crippen LogP contribution in [0.5, 0.6) is 0 Å². The van der Waals surface area contributed by atoms with Crippen LogP contribution in [-0.4, -0.2) is 92.7 Å². The lowest BCUT2D eigenvalue weighted by Crippen LogP contribution is -2.32. The van der Waals surface area contributed by atoms with Crippen molar-refractivity contribution < 1.29 is 27.9 Å². The lowest BCUT2D eigenvalue weighted by molar-refractivity contribution is -0.140. The van der Waals surface area contributed by atoms with Crippen LogP contribution in [0.25, 0.3) is 32.7 Å². The van der Waals surface area contributed by atoms with Crippen molar-refractivity contribution in [2.45, 2.75) is 45.3 Å². The number of thiazole rings is 1. The van der Waals surface area contributed by atoms with Crippen LogP contribution in [0.2, 0.25) is 0 Å². The maximum atomic E-state index is 13.5. The van der Waals surface area contributed by atoms with Crippen LogP contribution >= 0.6 is 11.3 Å². The van der Waals surface area contributed by atoms with Gasteiger partial charge in [-0.1, -0.05) is 0 Å². The summed E-state index contributed by atoms with van der Waals surface area (Å²) >= 11 is 0.764. The highest BCUT2D eigenvalue weighted by atomic mass is 32.1. The number of aromatic nitrogens is 4. The van der Waals surface area contributed by atoms with Crippen molar-refractivity contribution in [1.82, 2.24) is 34.6 Å². The van der Waals surface area contributed by atoms with Crippen molar-refractivity contribution in [3.05, 3.63) is 57.6 Å². The average molecular weight is 713 g/mol. The van der Waals surface area contributed by atoms with E-state index in [2.05, 4.69) is 42.4 Å². The standard InChI is InChI=1S/C34H39F3N8O4S/c1-3-38-33(49)42-28-13-23(31-41-27(19-50-31)34(35,36)37)25(15-39-28)22-12-24-29(46)26(32(47)48)18-45(30(24)40-14-22)17-21-7-11-44(16-21)10-6-20-4-8-43(2)9-5-20/h12-15,18-21H,3-11,16-17H2,1-2H3,(H,47,48)(H2,38,39,42,49)/t21-/m1/s1. The first-order valence-corrected chi connectivity index (χ1v) is 17.5. The molecule has 50 heavy (non-hydrogen) atoms. The summed E-state index contributed by atoms with van der Waals surface area (Å²) in [5.41, 5.74) is -1.05. The first-order valence-electron chi connectivity index (χ1n) is 16.6. The second kappa shape index (κ2) is 14.8. The third-order valence-electron chi connectivity index (χ3n) is 9.48. The highest BCUT2D eigenvalue weighted by molar-refractivity contribution is 7.13. The van der Waals surface area contributed by atoms with E-state index in [0.717, 1.165) is 68.2 Å². The fourth-order valence-electron chi connectivity index (χ4n) is 6.75. The Kier molecular flexibility index (Phi) is 10.5. The van der Waals surface area contributed by atoms with Crippen LogP contribution in [0.3, 0.4) is 0 Å². The van der Waals surface area contributed by atoms with Crippen molar-refractivity contribution in [2.24, 2.45) is 11.8 Å². The number of fused-ring (bicyclic) bond motifs is 1. The number of urea groups is 1. The summed E-state index contributed by atoms with van der Waals surface area (Å²) in [5, 5.41) is 16.0. The Morgan fingerprint density at radius 3 is 2.52 bits per heavy atom. The molecule has 6 heterocycles. The molecule has 2 fully saturated rings. The first kappa shape index (κ1) is 35.4. The van der Waals surface area contributed by atoms with Crippen molar-refractivity contribution >= 4 is 40.2 Å². The predicted octanol–water partition coefficient (Wildman–Crippen LogP) is 5.49. The van der Waals surface area contributed by atoms with Gasteiger partial charge in [-0.15, -0.1) is 11.3 Å². The van der Waals surface area contributed by atoms with Crippen LogP contribution in [0, 0.1) is 11.8 Å². The van der Waals surface area contributed by atoms with E-state index in [9.17, 15) is 32.7 Å². The fourth-order valence-corrected chi connectivity index (χ4v) is 7.61. The smallest absolute Gasteiger partial charge is 0.434 e. The Hall–Kier alpha value is -4.41. The van der Waals surface area contributed by atoms with Crippen LogP contribution in [0.1, 0.15) is 48.7 Å². The van der Waals surface area contributed by atoms with Crippen molar-refractivity contribution in [3.8, 4) is 21.7 Å². The maximum Gasteiger partial charge on any atom is 0.434 e. The first-order chi connectivity index (χ1) is 23.9. The topological polar surface area (TPSA) is 146 Å². The van der Waals surface area contributed by atoms with Gasteiger partial charge in [-0.25, -0.2) is 24.5 Å². The molecule has 0 bridgehead atoms. The second-order valence-corrected chi connectivity index (χ2v) is 13.9. The SMILES string of the molecule is CCNC(=O)Nc1cc(-c2nc(C(F)(F)F)cs2)c(-c2cnc3c(c2)c(=O)c(C(=O)O)cn3C[C@@H]2CCN(CCC3CCN(C)CC3)C2)cn1. The molecule has 0 unspecified atom stereocenters. The molecule has 3 N–H and O–H groups in total. The average Bonchev–Trinajstić information content (AvgIpc) is 3.76. The third-order valence-corrected chi connectivity index (χ3v) is 10.4. The molecule has 266 valence electrons. The maximum absolute atomic E-state index is 13.5. The number of likely N-dealkylation sites (tertiary alicyclic amines) is 2. The highest BCUT2D eigenvalue weighted by Gasteiger charge is 2.34. The number of alkyl halides is 3. The second-order valence-electron chi connectivity index (χ2n) is 13.1. The Bertz CT molecular complexity index is 1940. The van der Waals surface area contributed by atoms with E-state index in [1.807, 2.05) is 0 Å². The number of carbonyl (C=O) groups is 2. The lowest BCUT2D eigenvalue weighted by Gasteiger charge is -2.30. The molecule has 2 aliphatic rings. The number of hydrogen-bond acceptors (Lipinski definition) is 9. The summed E-state index contributed by atoms with van der Waals surface area (Å²) in [4.78, 5) is 55.4. The van der Waals surface area contributed by atoms with E-state index in [0.29, 0.717) is 29.9 Å². The van der Waals surface area contributed by atoms with Gasteiger partial charge in [-0.3, -0.25) is 10.1 Å².